The summed E-state index contributed by atoms with van der Waals surface area (Å²) >= 11 is 1.60. The first-order valence-electron chi connectivity index (χ1n) is 8.23. The van der Waals surface area contributed by atoms with E-state index in [0.29, 0.717) is 18.5 Å². The highest BCUT2D eigenvalue weighted by Gasteiger charge is 2.27. The Hall–Kier alpha value is -2.22. The van der Waals surface area contributed by atoms with Gasteiger partial charge in [0.2, 0.25) is 0 Å². The Labute approximate surface area is 142 Å². The van der Waals surface area contributed by atoms with E-state index >= 15 is 0 Å². The molecule has 4 rings (SSSR count). The first kappa shape index (κ1) is 15.3. The number of carbonyl (C=O) groups excluding carboxylic acids is 2. The molecule has 7 nitrogen and oxygen atoms in total. The van der Waals surface area contributed by atoms with Crippen molar-refractivity contribution in [1.29, 1.82) is 0 Å². The topological polar surface area (TPSA) is 84.3 Å². The molecule has 1 saturated heterocycles. The first-order chi connectivity index (χ1) is 11.6. The zero-order chi connectivity index (χ0) is 16.7. The number of imide groups is 1. The maximum Gasteiger partial charge on any atom is 0.324 e. The van der Waals surface area contributed by atoms with Gasteiger partial charge in [-0.2, -0.15) is 0 Å². The van der Waals surface area contributed by atoms with Crippen molar-refractivity contribution in [3.63, 3.8) is 0 Å². The number of nitrogens with zero attached hydrogens (tertiary/aromatic N) is 3. The molecule has 0 atom stereocenters. The van der Waals surface area contributed by atoms with E-state index in [4.69, 9.17) is 0 Å². The van der Waals surface area contributed by atoms with Crippen molar-refractivity contribution in [1.82, 2.24) is 19.8 Å². The highest BCUT2D eigenvalue weighted by atomic mass is 32.1. The molecule has 24 heavy (non-hydrogen) atoms. The average molecular weight is 346 g/mol. The van der Waals surface area contributed by atoms with E-state index in [9.17, 15) is 14.4 Å². The van der Waals surface area contributed by atoms with Crippen LogP contribution in [-0.2, 0) is 24.2 Å². The molecular formula is C16H18N4O3S. The molecule has 2 aliphatic rings. The van der Waals surface area contributed by atoms with Gasteiger partial charge in [-0.3, -0.25) is 19.1 Å². The lowest BCUT2D eigenvalue weighted by atomic mass is 10.1. The summed E-state index contributed by atoms with van der Waals surface area (Å²) in [6.07, 6.45) is 6.74. The number of urea groups is 1. The van der Waals surface area contributed by atoms with E-state index in [1.165, 1.54) is 22.2 Å². The van der Waals surface area contributed by atoms with Gasteiger partial charge in [-0.05, 0) is 31.2 Å². The smallest absolute Gasteiger partial charge is 0.324 e. The van der Waals surface area contributed by atoms with Crippen LogP contribution in [0.3, 0.4) is 0 Å². The standard InChI is InChI=1S/C16H18N4O3S/c21-12(20-7-6-17-16(20)23)8-19-9-18-14-13(15(19)22)10-4-2-1-3-5-11(10)24-14/h9H,1-8H2,(H,17,23). The second-order valence-electron chi connectivity index (χ2n) is 6.20. The van der Waals surface area contributed by atoms with Crippen molar-refractivity contribution < 1.29 is 9.59 Å². The average Bonchev–Trinajstić information content (AvgIpc) is 3.07. The van der Waals surface area contributed by atoms with E-state index < -0.39 is 6.03 Å². The molecule has 0 radical (unpaired) electrons. The predicted octanol–water partition coefficient (Wildman–Crippen LogP) is 1.28. The molecule has 0 bridgehead atoms. The molecule has 0 saturated carbocycles. The molecule has 0 unspecified atom stereocenters. The number of carbonyl (C=O) groups is 2. The molecule has 3 amide bonds. The Morgan fingerprint density at radius 1 is 1.25 bits per heavy atom. The zero-order valence-electron chi connectivity index (χ0n) is 13.2. The predicted molar refractivity (Wildman–Crippen MR) is 90.3 cm³/mol. The minimum Gasteiger partial charge on any atom is -0.336 e. The second kappa shape index (κ2) is 6.01. The van der Waals surface area contributed by atoms with Crippen LogP contribution in [-0.4, -0.2) is 39.5 Å². The number of aryl methyl sites for hydroxylation is 2. The number of aromatic nitrogens is 2. The van der Waals surface area contributed by atoms with Gasteiger partial charge in [0.25, 0.3) is 11.5 Å². The van der Waals surface area contributed by atoms with Crippen molar-refractivity contribution in [2.45, 2.75) is 38.6 Å². The SMILES string of the molecule is O=C(Cn1cnc2sc3c(c2c1=O)CCCCC3)N1CCNC1=O. The number of rotatable bonds is 2. The van der Waals surface area contributed by atoms with Crippen LogP contribution in [0, 0.1) is 0 Å². The van der Waals surface area contributed by atoms with Crippen molar-refractivity contribution in [3.8, 4) is 0 Å². The van der Waals surface area contributed by atoms with Crippen molar-refractivity contribution >= 4 is 33.5 Å². The Morgan fingerprint density at radius 3 is 2.88 bits per heavy atom. The maximum atomic E-state index is 12.9. The summed E-state index contributed by atoms with van der Waals surface area (Å²) in [4.78, 5) is 44.3. The van der Waals surface area contributed by atoms with Gasteiger partial charge in [-0.25, -0.2) is 9.78 Å². The summed E-state index contributed by atoms with van der Waals surface area (Å²) in [6.45, 7) is 0.643. The lowest BCUT2D eigenvalue weighted by molar-refractivity contribution is -0.128. The third kappa shape index (κ3) is 2.50. The van der Waals surface area contributed by atoms with E-state index in [1.807, 2.05) is 0 Å². The highest BCUT2D eigenvalue weighted by molar-refractivity contribution is 7.18. The van der Waals surface area contributed by atoms with Crippen LogP contribution in [0.4, 0.5) is 4.79 Å². The van der Waals surface area contributed by atoms with Crippen molar-refractivity contribution in [2.24, 2.45) is 0 Å². The first-order valence-corrected chi connectivity index (χ1v) is 9.04. The number of thiophene rings is 1. The third-order valence-corrected chi connectivity index (χ3v) is 5.86. The van der Waals surface area contributed by atoms with Gasteiger partial charge in [-0.1, -0.05) is 6.42 Å². The van der Waals surface area contributed by atoms with Gasteiger partial charge in [-0.15, -0.1) is 11.3 Å². The molecular weight excluding hydrogens is 328 g/mol. The molecule has 0 spiro atoms. The van der Waals surface area contributed by atoms with E-state index in [2.05, 4.69) is 10.3 Å². The lowest BCUT2D eigenvalue weighted by Gasteiger charge is -2.13. The van der Waals surface area contributed by atoms with E-state index in [1.54, 1.807) is 11.3 Å². The van der Waals surface area contributed by atoms with Crippen molar-refractivity contribution in [2.75, 3.05) is 13.1 Å². The summed E-state index contributed by atoms with van der Waals surface area (Å²) in [7, 11) is 0. The van der Waals surface area contributed by atoms with Crippen LogP contribution < -0.4 is 10.9 Å². The molecule has 1 aliphatic heterocycles. The van der Waals surface area contributed by atoms with Crippen LogP contribution in [0.15, 0.2) is 11.1 Å². The summed E-state index contributed by atoms with van der Waals surface area (Å²) < 4.78 is 1.33. The molecule has 1 fully saturated rings. The van der Waals surface area contributed by atoms with E-state index in [0.717, 1.165) is 41.0 Å². The number of hydrogen-bond acceptors (Lipinski definition) is 5. The quantitative estimate of drug-likeness (QED) is 0.830. The van der Waals surface area contributed by atoms with Crippen LogP contribution in [0.1, 0.15) is 29.7 Å². The third-order valence-electron chi connectivity index (χ3n) is 4.66. The van der Waals surface area contributed by atoms with Crippen LogP contribution in [0.5, 0.6) is 0 Å². The van der Waals surface area contributed by atoms with Gasteiger partial charge < -0.3 is 5.32 Å². The Morgan fingerprint density at radius 2 is 2.08 bits per heavy atom. The van der Waals surface area contributed by atoms with Crippen LogP contribution >= 0.6 is 11.3 Å². The number of amides is 3. The highest BCUT2D eigenvalue weighted by Crippen LogP contribution is 2.32. The van der Waals surface area contributed by atoms with Gasteiger partial charge in [0.1, 0.15) is 11.4 Å². The largest absolute Gasteiger partial charge is 0.336 e. The van der Waals surface area contributed by atoms with Crippen molar-refractivity contribution in [3.05, 3.63) is 27.1 Å². The van der Waals surface area contributed by atoms with E-state index in [-0.39, 0.29) is 18.0 Å². The fraction of sp³-hybridized carbons (Fsp3) is 0.500. The molecule has 0 aromatic carbocycles. The van der Waals surface area contributed by atoms with Gasteiger partial charge in [0.05, 0.1) is 11.7 Å². The van der Waals surface area contributed by atoms with Crippen LogP contribution in [0.2, 0.25) is 0 Å². The Balaban J connectivity index is 1.70. The Bertz CT molecular complexity index is 885. The van der Waals surface area contributed by atoms with Gasteiger partial charge in [0, 0.05) is 18.0 Å². The molecule has 126 valence electrons. The summed E-state index contributed by atoms with van der Waals surface area (Å²) in [6, 6.07) is -0.397. The number of fused-ring (bicyclic) bond motifs is 3. The number of nitrogens with one attached hydrogen (secondary N) is 1. The fourth-order valence-corrected chi connectivity index (χ4v) is 4.63. The minimum absolute atomic E-state index is 0.153. The zero-order valence-corrected chi connectivity index (χ0v) is 14.0. The summed E-state index contributed by atoms with van der Waals surface area (Å²) in [5, 5.41) is 3.25. The molecule has 2 aromatic heterocycles. The Kier molecular flexibility index (Phi) is 3.84. The van der Waals surface area contributed by atoms with Gasteiger partial charge >= 0.3 is 6.03 Å². The summed E-state index contributed by atoms with van der Waals surface area (Å²) in [5.41, 5.74) is 0.943. The normalized spacial score (nSPS) is 17.7. The second-order valence-corrected chi connectivity index (χ2v) is 7.28. The fourth-order valence-electron chi connectivity index (χ4n) is 3.41. The molecule has 1 N–H and O–H groups in total. The monoisotopic (exact) mass is 346 g/mol. The minimum atomic E-state index is -0.397. The molecule has 2 aromatic rings. The van der Waals surface area contributed by atoms with Gasteiger partial charge in [0.15, 0.2) is 0 Å². The number of hydrogen-bond donors (Lipinski definition) is 1. The maximum absolute atomic E-state index is 12.9. The molecule has 8 heteroatoms. The lowest BCUT2D eigenvalue weighted by Crippen LogP contribution is -2.38. The summed E-state index contributed by atoms with van der Waals surface area (Å²) in [5.74, 6) is -0.380. The molecule has 1 aliphatic carbocycles. The van der Waals surface area contributed by atoms with Crippen LogP contribution in [0.25, 0.3) is 10.2 Å². The molecule has 3 heterocycles.